The van der Waals surface area contributed by atoms with E-state index in [9.17, 15) is 0 Å². The summed E-state index contributed by atoms with van der Waals surface area (Å²) in [7, 11) is 2.02. The van der Waals surface area contributed by atoms with Crippen molar-refractivity contribution in [2.45, 2.75) is 75.2 Å². The van der Waals surface area contributed by atoms with Crippen LogP contribution < -0.4 is 11.1 Å². The van der Waals surface area contributed by atoms with E-state index < -0.39 is 0 Å². The van der Waals surface area contributed by atoms with Gasteiger partial charge in [0.05, 0.1) is 0 Å². The molecule has 3 N–H and O–H groups in total. The van der Waals surface area contributed by atoms with Crippen LogP contribution in [-0.2, 0) is 0 Å². The third-order valence-corrected chi connectivity index (χ3v) is 3.95. The molecule has 0 aliphatic carbocycles. The molecule has 3 heteroatoms. The van der Waals surface area contributed by atoms with E-state index in [0.717, 1.165) is 6.42 Å². The van der Waals surface area contributed by atoms with Gasteiger partial charge in [-0.15, -0.1) is 0 Å². The smallest absolute Gasteiger partial charge is 0.0106 e. The summed E-state index contributed by atoms with van der Waals surface area (Å²) in [6.45, 7) is 26.5. The van der Waals surface area contributed by atoms with Gasteiger partial charge in [0.1, 0.15) is 0 Å². The lowest BCUT2D eigenvalue weighted by atomic mass is 10.1. The van der Waals surface area contributed by atoms with E-state index in [-0.39, 0.29) is 0 Å². The molecule has 0 unspecified atom stereocenters. The molecule has 0 saturated carbocycles. The lowest BCUT2D eigenvalue weighted by Gasteiger charge is -2.11. The zero-order valence-electron chi connectivity index (χ0n) is 23.4. The summed E-state index contributed by atoms with van der Waals surface area (Å²) in [6, 6.07) is 0. The third kappa shape index (κ3) is 40.2. The molecule has 0 bridgehead atoms. The second-order valence-corrected chi connectivity index (χ2v) is 7.99. The normalized spacial score (nSPS) is 11.8. The average Bonchev–Trinajstić information content (AvgIpc) is 2.76. The molecule has 0 radical (unpaired) electrons. The molecule has 3 nitrogen and oxygen atoms in total. The van der Waals surface area contributed by atoms with Crippen LogP contribution >= 0.6 is 0 Å². The largest absolute Gasteiger partial charge is 0.405 e. The molecule has 0 aromatic heterocycles. The van der Waals surface area contributed by atoms with Crippen LogP contribution in [0.4, 0.5) is 0 Å². The first-order chi connectivity index (χ1) is 15.6. The fraction of sp³-hybridized carbons (Fsp3) is 0.467. The third-order valence-electron chi connectivity index (χ3n) is 3.95. The number of rotatable bonds is 10. The van der Waals surface area contributed by atoms with E-state index in [0.29, 0.717) is 11.8 Å². The fourth-order valence-electron chi connectivity index (χ4n) is 1.50. The molecule has 0 heterocycles. The van der Waals surface area contributed by atoms with Gasteiger partial charge >= 0.3 is 0 Å². The van der Waals surface area contributed by atoms with Gasteiger partial charge in [-0.3, -0.25) is 0 Å². The van der Waals surface area contributed by atoms with Gasteiger partial charge in [-0.2, -0.15) is 0 Å². The molecule has 0 spiro atoms. The Morgan fingerprint density at radius 3 is 1.85 bits per heavy atom. The van der Waals surface area contributed by atoms with Crippen molar-refractivity contribution in [2.24, 2.45) is 17.6 Å². The second kappa shape index (κ2) is 31.5. The van der Waals surface area contributed by atoms with Gasteiger partial charge in [0, 0.05) is 25.6 Å². The summed E-state index contributed by atoms with van der Waals surface area (Å²) in [5.41, 5.74) is 7.80. The Balaban J connectivity index is -0.000000185. The SMILES string of the molecule is C=C/C=C\N(C)/C=C(\C)C(C)C.C=CN/C=C\C=C(/C)C(C)C.CC/C=C\C=C/N.CCC. The highest BCUT2D eigenvalue weighted by Gasteiger charge is 1.95. The molecule has 0 aromatic carbocycles. The number of hydrogen-bond acceptors (Lipinski definition) is 3. The molecule has 0 atom stereocenters. The molecule has 0 amide bonds. The van der Waals surface area contributed by atoms with Gasteiger partial charge in [0.25, 0.3) is 0 Å². The van der Waals surface area contributed by atoms with Crippen molar-refractivity contribution < 1.29 is 0 Å². The maximum Gasteiger partial charge on any atom is 0.0106 e. The van der Waals surface area contributed by atoms with Gasteiger partial charge in [-0.1, -0.05) is 103 Å². The number of nitrogens with zero attached hydrogens (tertiary/aromatic N) is 1. The Morgan fingerprint density at radius 1 is 0.909 bits per heavy atom. The van der Waals surface area contributed by atoms with Crippen LogP contribution in [-0.4, -0.2) is 11.9 Å². The minimum Gasteiger partial charge on any atom is -0.405 e. The highest BCUT2D eigenvalue weighted by Crippen LogP contribution is 2.08. The molecular formula is C30H55N3. The van der Waals surface area contributed by atoms with E-state index in [1.54, 1.807) is 12.3 Å². The summed E-state index contributed by atoms with van der Waals surface area (Å²) in [6.07, 6.45) is 25.0. The van der Waals surface area contributed by atoms with Gasteiger partial charge in [0.2, 0.25) is 0 Å². The Morgan fingerprint density at radius 2 is 1.45 bits per heavy atom. The molecule has 190 valence electrons. The molecular weight excluding hydrogens is 402 g/mol. The van der Waals surface area contributed by atoms with Gasteiger partial charge in [-0.05, 0) is 62.7 Å². The first-order valence-electron chi connectivity index (χ1n) is 12.0. The topological polar surface area (TPSA) is 41.3 Å². The van der Waals surface area contributed by atoms with Crippen molar-refractivity contribution in [1.82, 2.24) is 10.2 Å². The Hall–Kier alpha value is -2.68. The lowest BCUT2D eigenvalue weighted by Crippen LogP contribution is -2.03. The predicted octanol–water partition coefficient (Wildman–Crippen LogP) is 8.85. The first-order valence-corrected chi connectivity index (χ1v) is 12.0. The highest BCUT2D eigenvalue weighted by atomic mass is 15.0. The van der Waals surface area contributed by atoms with Crippen molar-refractivity contribution in [2.75, 3.05) is 7.05 Å². The minimum absolute atomic E-state index is 0.615. The zero-order chi connectivity index (χ0) is 26.5. The number of nitrogens with two attached hydrogens (primary N) is 1. The summed E-state index contributed by atoms with van der Waals surface area (Å²) >= 11 is 0. The molecule has 0 aliphatic rings. The van der Waals surface area contributed by atoms with Crippen LogP contribution in [0.1, 0.15) is 75.2 Å². The van der Waals surface area contributed by atoms with Crippen LogP contribution in [0.15, 0.2) is 97.8 Å². The van der Waals surface area contributed by atoms with Gasteiger partial charge < -0.3 is 16.0 Å². The second-order valence-electron chi connectivity index (χ2n) is 7.99. The van der Waals surface area contributed by atoms with Crippen molar-refractivity contribution in [1.29, 1.82) is 0 Å². The van der Waals surface area contributed by atoms with Gasteiger partial charge in [0.15, 0.2) is 0 Å². The van der Waals surface area contributed by atoms with Crippen molar-refractivity contribution in [3.63, 3.8) is 0 Å². The molecule has 0 rings (SSSR count). The molecule has 0 saturated heterocycles. The molecule has 0 aromatic rings. The van der Waals surface area contributed by atoms with Crippen LogP contribution in [0.3, 0.4) is 0 Å². The van der Waals surface area contributed by atoms with Crippen LogP contribution in [0.2, 0.25) is 0 Å². The summed E-state index contributed by atoms with van der Waals surface area (Å²) < 4.78 is 0. The average molecular weight is 458 g/mol. The predicted molar refractivity (Wildman–Crippen MR) is 155 cm³/mol. The van der Waals surface area contributed by atoms with Gasteiger partial charge in [-0.25, -0.2) is 0 Å². The molecule has 33 heavy (non-hydrogen) atoms. The Labute approximate surface area is 207 Å². The minimum atomic E-state index is 0.615. The maximum absolute atomic E-state index is 5.04. The van der Waals surface area contributed by atoms with Crippen LogP contribution in [0.5, 0.6) is 0 Å². The summed E-state index contributed by atoms with van der Waals surface area (Å²) in [4.78, 5) is 2.04. The zero-order valence-corrected chi connectivity index (χ0v) is 23.4. The van der Waals surface area contributed by atoms with Crippen LogP contribution in [0.25, 0.3) is 0 Å². The van der Waals surface area contributed by atoms with E-state index in [2.05, 4.69) is 93.1 Å². The van der Waals surface area contributed by atoms with Crippen molar-refractivity contribution in [3.8, 4) is 0 Å². The first kappa shape index (κ1) is 37.6. The van der Waals surface area contributed by atoms with E-state index in [1.807, 2.05) is 54.7 Å². The number of hydrogen-bond donors (Lipinski definition) is 2. The number of nitrogens with one attached hydrogen (secondary N) is 1. The summed E-state index contributed by atoms with van der Waals surface area (Å²) in [5.74, 6) is 1.24. The summed E-state index contributed by atoms with van der Waals surface area (Å²) in [5, 5.41) is 2.88. The monoisotopic (exact) mass is 457 g/mol. The fourth-order valence-corrected chi connectivity index (χ4v) is 1.50. The van der Waals surface area contributed by atoms with E-state index >= 15 is 0 Å². The lowest BCUT2D eigenvalue weighted by molar-refractivity contribution is 0.601. The van der Waals surface area contributed by atoms with E-state index in [4.69, 9.17) is 5.73 Å². The van der Waals surface area contributed by atoms with Crippen LogP contribution in [0, 0.1) is 11.8 Å². The van der Waals surface area contributed by atoms with Crippen molar-refractivity contribution >= 4 is 0 Å². The maximum atomic E-state index is 5.04. The van der Waals surface area contributed by atoms with Crippen molar-refractivity contribution in [3.05, 3.63) is 97.8 Å². The standard InChI is InChI=1S/C11H19N.C10H17N.C6H11N.C3H8/c1-6-7-8-12(5)9-11(4)10(2)3;1-5-11-8-6-7-10(4)9(2)3;1-2-3-4-5-6-7;1-3-2/h6-10H,1H2,2-5H3;5-9,11H,1H2,2-4H3;3-6H,2,7H2,1H3;3H2,1-2H3/b8-7-,11-9+;8-6-,10-7+;4-3-,6-5-;. The Bertz CT molecular complexity index is 600. The molecule has 0 fully saturated rings. The number of allylic oxidation sites excluding steroid dienone is 9. The molecule has 0 aliphatic heterocycles. The quantitative estimate of drug-likeness (QED) is 0.322. The Kier molecular flexibility index (Phi) is 35.9. The van der Waals surface area contributed by atoms with E-state index in [1.165, 1.54) is 23.8 Å². The highest BCUT2D eigenvalue weighted by molar-refractivity contribution is 5.11.